The van der Waals surface area contributed by atoms with E-state index >= 15 is 0 Å². The third-order valence-electron chi connectivity index (χ3n) is 3.73. The van der Waals surface area contributed by atoms with Gasteiger partial charge in [-0.05, 0) is 18.3 Å². The highest BCUT2D eigenvalue weighted by Gasteiger charge is 2.26. The van der Waals surface area contributed by atoms with Crippen molar-refractivity contribution in [2.45, 2.75) is 85.6 Å². The highest BCUT2D eigenvalue weighted by atomic mass is 16.6. The molecule has 0 heterocycles. The summed E-state index contributed by atoms with van der Waals surface area (Å²) in [4.78, 5) is 23.9. The summed E-state index contributed by atoms with van der Waals surface area (Å²) in [5, 5.41) is 2.61. The van der Waals surface area contributed by atoms with Gasteiger partial charge in [-0.3, -0.25) is 0 Å². The van der Waals surface area contributed by atoms with E-state index in [0.29, 0.717) is 13.2 Å². The van der Waals surface area contributed by atoms with Crippen LogP contribution >= 0.6 is 0 Å². The molecule has 1 N–H and O–H groups in total. The molecule has 0 aliphatic rings. The van der Waals surface area contributed by atoms with Crippen molar-refractivity contribution in [1.82, 2.24) is 5.32 Å². The van der Waals surface area contributed by atoms with Crippen LogP contribution < -0.4 is 5.32 Å². The molecule has 0 aromatic heterocycles. The van der Waals surface area contributed by atoms with Crippen LogP contribution in [0.15, 0.2) is 0 Å². The number of unbranched alkanes of at least 4 members (excludes halogenated alkanes) is 6. The number of ether oxygens (including phenoxy) is 2. The molecule has 1 unspecified atom stereocenters. The molecule has 1 atom stereocenters. The second-order valence-corrected chi connectivity index (χ2v) is 7.15. The Morgan fingerprint density at radius 1 is 0.875 bits per heavy atom. The number of amides is 1. The maximum atomic E-state index is 12.1. The van der Waals surface area contributed by atoms with Crippen molar-refractivity contribution in [2.75, 3.05) is 13.2 Å². The topological polar surface area (TPSA) is 64.6 Å². The van der Waals surface area contributed by atoms with Gasteiger partial charge in [0.2, 0.25) is 0 Å². The molecule has 0 spiro atoms. The quantitative estimate of drug-likeness (QED) is 0.389. The lowest BCUT2D eigenvalue weighted by Crippen LogP contribution is -2.45. The molecule has 0 rings (SSSR count). The van der Waals surface area contributed by atoms with Gasteiger partial charge >= 0.3 is 12.1 Å². The summed E-state index contributed by atoms with van der Waals surface area (Å²) in [6, 6.07) is -0.658. The molecule has 5 nitrogen and oxygen atoms in total. The first-order chi connectivity index (χ1) is 11.4. The van der Waals surface area contributed by atoms with Crippen LogP contribution in [0.1, 0.15) is 79.6 Å². The van der Waals surface area contributed by atoms with Crippen molar-refractivity contribution in [3.05, 3.63) is 0 Å². The van der Waals surface area contributed by atoms with E-state index in [-0.39, 0.29) is 17.8 Å². The Labute approximate surface area is 147 Å². The van der Waals surface area contributed by atoms with Gasteiger partial charge in [-0.25, -0.2) is 9.59 Å². The molecule has 0 saturated carbocycles. The third kappa shape index (κ3) is 12.2. The highest BCUT2D eigenvalue weighted by Crippen LogP contribution is 2.09. The Hall–Kier alpha value is -1.26. The molecule has 5 heteroatoms. The summed E-state index contributed by atoms with van der Waals surface area (Å²) >= 11 is 0. The first kappa shape index (κ1) is 22.7. The zero-order valence-electron chi connectivity index (χ0n) is 16.2. The molecular formula is C19H37NO4. The van der Waals surface area contributed by atoms with Gasteiger partial charge in [0.25, 0.3) is 0 Å². The van der Waals surface area contributed by atoms with Crippen LogP contribution in [0.2, 0.25) is 0 Å². The normalized spacial score (nSPS) is 12.3. The van der Waals surface area contributed by atoms with Crippen molar-refractivity contribution in [1.29, 1.82) is 0 Å². The van der Waals surface area contributed by atoms with E-state index in [4.69, 9.17) is 9.47 Å². The van der Waals surface area contributed by atoms with E-state index in [0.717, 1.165) is 12.8 Å². The molecular weight excluding hydrogens is 306 g/mol. The summed E-state index contributed by atoms with van der Waals surface area (Å²) < 4.78 is 10.4. The highest BCUT2D eigenvalue weighted by molar-refractivity contribution is 5.81. The molecule has 1 amide bonds. The number of hydrogen-bond acceptors (Lipinski definition) is 4. The minimum Gasteiger partial charge on any atom is -0.464 e. The molecule has 24 heavy (non-hydrogen) atoms. The van der Waals surface area contributed by atoms with Gasteiger partial charge < -0.3 is 14.8 Å². The molecule has 0 aromatic carbocycles. The fourth-order valence-electron chi connectivity index (χ4n) is 2.23. The second-order valence-electron chi connectivity index (χ2n) is 7.15. The first-order valence-corrected chi connectivity index (χ1v) is 9.48. The molecule has 0 aromatic rings. The second kappa shape index (κ2) is 14.1. The van der Waals surface area contributed by atoms with Crippen LogP contribution in [0.25, 0.3) is 0 Å². The molecule has 0 bridgehead atoms. The van der Waals surface area contributed by atoms with Crippen molar-refractivity contribution < 1.29 is 19.1 Å². The summed E-state index contributed by atoms with van der Waals surface area (Å²) in [6.45, 7) is 10.6. The predicted molar refractivity (Wildman–Crippen MR) is 96.9 cm³/mol. The number of hydrogen-bond donors (Lipinski definition) is 1. The van der Waals surface area contributed by atoms with Crippen molar-refractivity contribution >= 4 is 12.1 Å². The minimum atomic E-state index is -0.658. The van der Waals surface area contributed by atoms with E-state index in [1.165, 1.54) is 32.1 Å². The van der Waals surface area contributed by atoms with Crippen molar-refractivity contribution in [3.8, 4) is 0 Å². The fourth-order valence-corrected chi connectivity index (χ4v) is 2.23. The Morgan fingerprint density at radius 3 is 2.00 bits per heavy atom. The average molecular weight is 344 g/mol. The van der Waals surface area contributed by atoms with E-state index in [1.807, 2.05) is 27.7 Å². The molecule has 0 saturated heterocycles. The summed E-state index contributed by atoms with van der Waals surface area (Å²) in [5.41, 5.74) is 0. The molecule has 0 fully saturated rings. The lowest BCUT2D eigenvalue weighted by Gasteiger charge is -2.21. The average Bonchev–Trinajstić information content (AvgIpc) is 2.52. The fraction of sp³-hybridized carbons (Fsp3) is 0.895. The number of carbonyl (C=O) groups is 2. The van der Waals surface area contributed by atoms with Crippen LogP contribution in [-0.2, 0) is 14.3 Å². The molecule has 142 valence electrons. The summed E-state index contributed by atoms with van der Waals surface area (Å²) in [5.74, 6) is -0.159. The largest absolute Gasteiger partial charge is 0.464 e. The van der Waals surface area contributed by atoms with Crippen LogP contribution in [0.4, 0.5) is 4.79 Å². The Balaban J connectivity index is 3.97. The van der Waals surface area contributed by atoms with Crippen LogP contribution in [-0.4, -0.2) is 31.3 Å². The Morgan fingerprint density at radius 2 is 1.46 bits per heavy atom. The van der Waals surface area contributed by atoms with Crippen LogP contribution in [0.3, 0.4) is 0 Å². The van der Waals surface area contributed by atoms with Gasteiger partial charge in [0.15, 0.2) is 0 Å². The molecule has 0 radical (unpaired) electrons. The number of carbonyl (C=O) groups excluding carboxylic acids is 2. The maximum absolute atomic E-state index is 12.1. The third-order valence-corrected chi connectivity index (χ3v) is 3.73. The number of rotatable bonds is 13. The zero-order valence-corrected chi connectivity index (χ0v) is 16.2. The van der Waals surface area contributed by atoms with Gasteiger partial charge in [-0.15, -0.1) is 0 Å². The summed E-state index contributed by atoms with van der Waals surface area (Å²) in [7, 11) is 0. The number of alkyl carbamates (subject to hydrolysis) is 1. The van der Waals surface area contributed by atoms with Gasteiger partial charge in [0.1, 0.15) is 6.04 Å². The van der Waals surface area contributed by atoms with E-state index in [2.05, 4.69) is 12.2 Å². The standard InChI is InChI=1S/C19H37NO4/c1-6-7-8-9-10-11-12-13-23-18(21)17(16(4)5)20-19(22)24-14-15(2)3/h15-17H,6-14H2,1-5H3,(H,20,22). The van der Waals surface area contributed by atoms with Gasteiger partial charge in [0, 0.05) is 0 Å². The number of nitrogens with one attached hydrogen (secondary N) is 1. The smallest absolute Gasteiger partial charge is 0.407 e. The van der Waals surface area contributed by atoms with Gasteiger partial charge in [-0.1, -0.05) is 73.1 Å². The van der Waals surface area contributed by atoms with Crippen LogP contribution in [0, 0.1) is 11.8 Å². The van der Waals surface area contributed by atoms with E-state index in [1.54, 1.807) is 0 Å². The maximum Gasteiger partial charge on any atom is 0.407 e. The minimum absolute atomic E-state index is 0.0434. The van der Waals surface area contributed by atoms with Gasteiger partial charge in [-0.2, -0.15) is 0 Å². The lowest BCUT2D eigenvalue weighted by atomic mass is 10.1. The SMILES string of the molecule is CCCCCCCCCOC(=O)C(NC(=O)OCC(C)C)C(C)C. The van der Waals surface area contributed by atoms with Gasteiger partial charge in [0.05, 0.1) is 13.2 Å². The summed E-state index contributed by atoms with van der Waals surface area (Å²) in [6.07, 6.45) is 7.66. The number of esters is 1. The Bertz CT molecular complexity index is 342. The van der Waals surface area contributed by atoms with E-state index < -0.39 is 12.1 Å². The first-order valence-electron chi connectivity index (χ1n) is 9.48. The molecule has 0 aliphatic carbocycles. The van der Waals surface area contributed by atoms with E-state index in [9.17, 15) is 9.59 Å². The van der Waals surface area contributed by atoms with Crippen LogP contribution in [0.5, 0.6) is 0 Å². The van der Waals surface area contributed by atoms with Crippen molar-refractivity contribution in [2.24, 2.45) is 11.8 Å². The predicted octanol–water partition coefficient (Wildman–Crippen LogP) is 4.69. The monoisotopic (exact) mass is 343 g/mol. The Kier molecular flexibility index (Phi) is 13.4. The zero-order chi connectivity index (χ0) is 18.4. The van der Waals surface area contributed by atoms with Crippen molar-refractivity contribution in [3.63, 3.8) is 0 Å². The molecule has 0 aliphatic heterocycles. The lowest BCUT2D eigenvalue weighted by molar-refractivity contribution is -0.147.